The maximum Gasteiger partial charge on any atom is 0.152 e. The van der Waals surface area contributed by atoms with Crippen LogP contribution in [0.3, 0.4) is 0 Å². The summed E-state index contributed by atoms with van der Waals surface area (Å²) in [6.45, 7) is 0. The summed E-state index contributed by atoms with van der Waals surface area (Å²) in [7, 11) is 0. The van der Waals surface area contributed by atoms with Crippen molar-refractivity contribution in [2.45, 2.75) is 5.03 Å². The Bertz CT molecular complexity index is 277. The predicted octanol–water partition coefficient (Wildman–Crippen LogP) is 2.38. The smallest absolute Gasteiger partial charge is 0.152 e. The SMILES string of the molecule is CSc1nc(Br)ccc1C=O. The summed E-state index contributed by atoms with van der Waals surface area (Å²) >= 11 is 4.69. The van der Waals surface area contributed by atoms with Crippen molar-refractivity contribution in [3.8, 4) is 0 Å². The average Bonchev–Trinajstić information content (AvgIpc) is 2.04. The highest BCUT2D eigenvalue weighted by molar-refractivity contribution is 9.10. The van der Waals surface area contributed by atoms with Gasteiger partial charge in [-0.3, -0.25) is 4.79 Å². The summed E-state index contributed by atoms with van der Waals surface area (Å²) in [5, 5.41) is 0.759. The Morgan fingerprint density at radius 2 is 2.36 bits per heavy atom. The number of aldehydes is 1. The van der Waals surface area contributed by atoms with Crippen LogP contribution in [-0.4, -0.2) is 17.5 Å². The molecule has 0 aliphatic rings. The lowest BCUT2D eigenvalue weighted by Gasteiger charge is -1.98. The van der Waals surface area contributed by atoms with Gasteiger partial charge in [-0.15, -0.1) is 11.8 Å². The fourth-order valence-electron chi connectivity index (χ4n) is 0.682. The highest BCUT2D eigenvalue weighted by Crippen LogP contribution is 2.18. The monoisotopic (exact) mass is 231 g/mol. The molecule has 0 spiro atoms. The summed E-state index contributed by atoms with van der Waals surface area (Å²) < 4.78 is 0.757. The Morgan fingerprint density at radius 3 is 2.91 bits per heavy atom. The van der Waals surface area contributed by atoms with Gasteiger partial charge in [0.25, 0.3) is 0 Å². The van der Waals surface area contributed by atoms with E-state index in [-0.39, 0.29) is 0 Å². The Kier molecular flexibility index (Phi) is 3.08. The summed E-state index contributed by atoms with van der Waals surface area (Å²) in [6.07, 6.45) is 2.70. The lowest BCUT2D eigenvalue weighted by Crippen LogP contribution is -1.88. The number of aromatic nitrogens is 1. The van der Waals surface area contributed by atoms with E-state index in [0.717, 1.165) is 15.9 Å². The van der Waals surface area contributed by atoms with Gasteiger partial charge >= 0.3 is 0 Å². The number of carbonyl (C=O) groups is 1. The summed E-state index contributed by atoms with van der Waals surface area (Å²) in [5.74, 6) is 0. The van der Waals surface area contributed by atoms with Gasteiger partial charge in [0.05, 0.1) is 0 Å². The molecule has 0 aliphatic carbocycles. The zero-order valence-electron chi connectivity index (χ0n) is 5.87. The van der Waals surface area contributed by atoms with E-state index in [1.165, 1.54) is 11.8 Å². The van der Waals surface area contributed by atoms with Crippen molar-refractivity contribution in [2.75, 3.05) is 6.26 Å². The minimum absolute atomic E-state index is 0.640. The first-order valence-electron chi connectivity index (χ1n) is 2.93. The number of carbonyl (C=O) groups excluding carboxylic acids is 1. The molecule has 0 saturated carbocycles. The Hall–Kier alpha value is -0.350. The van der Waals surface area contributed by atoms with Gasteiger partial charge in [0, 0.05) is 5.56 Å². The maximum atomic E-state index is 10.4. The van der Waals surface area contributed by atoms with E-state index in [9.17, 15) is 4.79 Å². The summed E-state index contributed by atoms with van der Waals surface area (Å²) in [4.78, 5) is 14.5. The molecule has 0 N–H and O–H groups in total. The normalized spacial score (nSPS) is 9.64. The van der Waals surface area contributed by atoms with Crippen LogP contribution in [0.15, 0.2) is 21.8 Å². The molecule has 1 rings (SSSR count). The van der Waals surface area contributed by atoms with E-state index in [1.54, 1.807) is 12.1 Å². The third kappa shape index (κ3) is 2.04. The number of rotatable bonds is 2. The number of hydrogen-bond donors (Lipinski definition) is 0. The van der Waals surface area contributed by atoms with Crippen molar-refractivity contribution in [2.24, 2.45) is 0 Å². The highest BCUT2D eigenvalue weighted by Gasteiger charge is 2.01. The molecule has 0 fully saturated rings. The van der Waals surface area contributed by atoms with Gasteiger partial charge in [-0.1, -0.05) is 0 Å². The molecule has 2 nitrogen and oxygen atoms in total. The van der Waals surface area contributed by atoms with E-state index in [2.05, 4.69) is 20.9 Å². The first kappa shape index (κ1) is 8.74. The molecular weight excluding hydrogens is 226 g/mol. The number of thioether (sulfide) groups is 1. The van der Waals surface area contributed by atoms with Crippen LogP contribution >= 0.6 is 27.7 Å². The Labute approximate surface area is 77.5 Å². The second-order valence-electron chi connectivity index (χ2n) is 1.85. The van der Waals surface area contributed by atoms with E-state index in [4.69, 9.17) is 0 Å². The first-order chi connectivity index (χ1) is 5.27. The van der Waals surface area contributed by atoms with E-state index >= 15 is 0 Å². The standard InChI is InChI=1S/C7H6BrNOS/c1-11-7-5(4-10)2-3-6(8)9-7/h2-4H,1H3. The van der Waals surface area contributed by atoms with Gasteiger partial charge < -0.3 is 0 Å². The number of nitrogens with zero attached hydrogens (tertiary/aromatic N) is 1. The van der Waals surface area contributed by atoms with Crippen LogP contribution in [0.25, 0.3) is 0 Å². The quantitative estimate of drug-likeness (QED) is 0.445. The van der Waals surface area contributed by atoms with E-state index in [1.807, 2.05) is 6.26 Å². The van der Waals surface area contributed by atoms with Gasteiger partial charge in [0.1, 0.15) is 9.63 Å². The third-order valence-electron chi connectivity index (χ3n) is 1.18. The fourth-order valence-corrected chi connectivity index (χ4v) is 1.65. The summed E-state index contributed by atoms with van der Waals surface area (Å²) in [5.41, 5.74) is 0.640. The number of pyridine rings is 1. The van der Waals surface area contributed by atoms with Crippen molar-refractivity contribution in [1.29, 1.82) is 0 Å². The Morgan fingerprint density at radius 1 is 1.64 bits per heavy atom. The van der Waals surface area contributed by atoms with Gasteiger partial charge in [0.15, 0.2) is 6.29 Å². The molecule has 11 heavy (non-hydrogen) atoms. The second kappa shape index (κ2) is 3.88. The highest BCUT2D eigenvalue weighted by atomic mass is 79.9. The van der Waals surface area contributed by atoms with Crippen LogP contribution in [0.5, 0.6) is 0 Å². The molecule has 0 aromatic carbocycles. The predicted molar refractivity (Wildman–Crippen MR) is 49.1 cm³/mol. The molecule has 1 aromatic heterocycles. The van der Waals surface area contributed by atoms with Gasteiger partial charge in [-0.2, -0.15) is 0 Å². The average molecular weight is 232 g/mol. The van der Waals surface area contributed by atoms with Gasteiger partial charge in [-0.25, -0.2) is 4.98 Å². The Balaban J connectivity index is 3.16. The lowest BCUT2D eigenvalue weighted by molar-refractivity contribution is 0.112. The topological polar surface area (TPSA) is 30.0 Å². The van der Waals surface area contributed by atoms with Gasteiger partial charge in [0.2, 0.25) is 0 Å². The second-order valence-corrected chi connectivity index (χ2v) is 3.46. The summed E-state index contributed by atoms with van der Waals surface area (Å²) in [6, 6.07) is 3.50. The van der Waals surface area contributed by atoms with Crippen molar-refractivity contribution in [3.63, 3.8) is 0 Å². The molecule has 4 heteroatoms. The molecule has 1 aromatic rings. The lowest BCUT2D eigenvalue weighted by atomic mass is 10.3. The molecular formula is C7H6BrNOS. The van der Waals surface area contributed by atoms with Crippen molar-refractivity contribution in [1.82, 2.24) is 4.98 Å². The molecule has 0 unspecified atom stereocenters. The van der Waals surface area contributed by atoms with Crippen LogP contribution in [0.4, 0.5) is 0 Å². The molecule has 0 atom stereocenters. The van der Waals surface area contributed by atoms with Crippen molar-refractivity contribution >= 4 is 34.0 Å². The number of halogens is 1. The van der Waals surface area contributed by atoms with Crippen LogP contribution in [0.2, 0.25) is 0 Å². The molecule has 58 valence electrons. The van der Waals surface area contributed by atoms with Crippen LogP contribution in [0, 0.1) is 0 Å². The molecule has 0 saturated heterocycles. The molecule has 1 heterocycles. The first-order valence-corrected chi connectivity index (χ1v) is 4.95. The molecule has 0 amide bonds. The van der Waals surface area contributed by atoms with Crippen LogP contribution < -0.4 is 0 Å². The van der Waals surface area contributed by atoms with Gasteiger partial charge in [-0.05, 0) is 34.3 Å². The molecule has 0 radical (unpaired) electrons. The number of hydrogen-bond acceptors (Lipinski definition) is 3. The van der Waals surface area contributed by atoms with Crippen LogP contribution in [-0.2, 0) is 0 Å². The van der Waals surface area contributed by atoms with Crippen molar-refractivity contribution < 1.29 is 4.79 Å². The fraction of sp³-hybridized carbons (Fsp3) is 0.143. The van der Waals surface area contributed by atoms with Crippen molar-refractivity contribution in [3.05, 3.63) is 22.3 Å². The minimum Gasteiger partial charge on any atom is -0.298 e. The zero-order chi connectivity index (χ0) is 8.27. The zero-order valence-corrected chi connectivity index (χ0v) is 8.28. The van der Waals surface area contributed by atoms with Crippen LogP contribution in [0.1, 0.15) is 10.4 Å². The molecule has 0 bridgehead atoms. The van der Waals surface area contributed by atoms with E-state index in [0.29, 0.717) is 5.56 Å². The maximum absolute atomic E-state index is 10.4. The largest absolute Gasteiger partial charge is 0.298 e. The van der Waals surface area contributed by atoms with E-state index < -0.39 is 0 Å². The third-order valence-corrected chi connectivity index (χ3v) is 2.33. The minimum atomic E-state index is 0.640. The molecule has 0 aliphatic heterocycles.